The molecule has 20 heavy (non-hydrogen) atoms. The third-order valence-corrected chi connectivity index (χ3v) is 5.12. The van der Waals surface area contributed by atoms with Crippen molar-refractivity contribution in [1.29, 1.82) is 0 Å². The molecule has 3 unspecified atom stereocenters. The summed E-state index contributed by atoms with van der Waals surface area (Å²) in [4.78, 5) is 0. The van der Waals surface area contributed by atoms with E-state index in [2.05, 4.69) is 42.6 Å². The number of ether oxygens (including phenoxy) is 1. The Kier molecular flexibility index (Phi) is 4.42. The van der Waals surface area contributed by atoms with Crippen LogP contribution in [0.15, 0.2) is 30.3 Å². The summed E-state index contributed by atoms with van der Waals surface area (Å²) in [7, 11) is 0. The van der Waals surface area contributed by atoms with Gasteiger partial charge in [0, 0.05) is 18.6 Å². The molecule has 0 amide bonds. The van der Waals surface area contributed by atoms with E-state index in [1.807, 2.05) is 0 Å². The Balaban J connectivity index is 1.84. The van der Waals surface area contributed by atoms with E-state index >= 15 is 0 Å². The predicted octanol–water partition coefficient (Wildman–Crippen LogP) is 3.87. The van der Waals surface area contributed by atoms with E-state index < -0.39 is 0 Å². The Morgan fingerprint density at radius 3 is 2.85 bits per heavy atom. The van der Waals surface area contributed by atoms with Crippen LogP contribution in [0.4, 0.5) is 0 Å². The van der Waals surface area contributed by atoms with Gasteiger partial charge in [0.1, 0.15) is 0 Å². The van der Waals surface area contributed by atoms with Crippen LogP contribution in [-0.2, 0) is 4.74 Å². The first-order valence-electron chi connectivity index (χ1n) is 8.26. The van der Waals surface area contributed by atoms with Crippen LogP contribution >= 0.6 is 0 Å². The van der Waals surface area contributed by atoms with Crippen LogP contribution in [0.2, 0.25) is 0 Å². The molecule has 1 spiro atoms. The fourth-order valence-electron chi connectivity index (χ4n) is 4.23. The van der Waals surface area contributed by atoms with Gasteiger partial charge < -0.3 is 10.1 Å². The maximum absolute atomic E-state index is 6.41. The number of hydrogen-bond acceptors (Lipinski definition) is 2. The Hall–Kier alpha value is -0.860. The van der Waals surface area contributed by atoms with Crippen LogP contribution in [0.1, 0.15) is 56.9 Å². The summed E-state index contributed by atoms with van der Waals surface area (Å²) in [6, 6.07) is 11.7. The number of hydrogen-bond donors (Lipinski definition) is 1. The molecule has 1 N–H and O–H groups in total. The van der Waals surface area contributed by atoms with Crippen LogP contribution in [-0.4, -0.2) is 24.8 Å². The van der Waals surface area contributed by atoms with Crippen LogP contribution in [0.25, 0.3) is 0 Å². The summed E-state index contributed by atoms with van der Waals surface area (Å²) in [6.45, 7) is 4.19. The summed E-state index contributed by atoms with van der Waals surface area (Å²) >= 11 is 0. The second-order valence-electron chi connectivity index (χ2n) is 6.37. The van der Waals surface area contributed by atoms with E-state index in [1.165, 1.54) is 37.7 Å². The highest BCUT2D eigenvalue weighted by Gasteiger charge is 2.45. The average molecular weight is 273 g/mol. The maximum Gasteiger partial charge on any atom is 0.0765 e. The van der Waals surface area contributed by atoms with E-state index in [1.54, 1.807) is 0 Å². The van der Waals surface area contributed by atoms with E-state index in [0.29, 0.717) is 12.0 Å². The van der Waals surface area contributed by atoms with Crippen molar-refractivity contribution in [2.75, 3.05) is 13.2 Å². The van der Waals surface area contributed by atoms with Crippen molar-refractivity contribution in [3.05, 3.63) is 35.9 Å². The standard InChI is InChI=1S/C18H27NO/c1-2-19-16-11-13-20-18(14-16)12-7-6-10-17(18)15-8-4-3-5-9-15/h3-5,8-9,16-17,19H,2,6-7,10-14H2,1H3. The molecule has 3 atom stereocenters. The normalized spacial score (nSPS) is 34.2. The Labute approximate surface area is 122 Å². The van der Waals surface area contributed by atoms with Gasteiger partial charge in [-0.3, -0.25) is 0 Å². The molecule has 2 heteroatoms. The highest BCUT2D eigenvalue weighted by atomic mass is 16.5. The molecule has 1 aliphatic carbocycles. The van der Waals surface area contributed by atoms with E-state index in [-0.39, 0.29) is 5.60 Å². The lowest BCUT2D eigenvalue weighted by Crippen LogP contribution is -2.51. The van der Waals surface area contributed by atoms with Gasteiger partial charge in [-0.05, 0) is 37.8 Å². The predicted molar refractivity (Wildman–Crippen MR) is 83.0 cm³/mol. The topological polar surface area (TPSA) is 21.3 Å². The van der Waals surface area contributed by atoms with Crippen LogP contribution < -0.4 is 5.32 Å². The van der Waals surface area contributed by atoms with Gasteiger partial charge in [0.25, 0.3) is 0 Å². The quantitative estimate of drug-likeness (QED) is 0.902. The second-order valence-corrected chi connectivity index (χ2v) is 6.37. The van der Waals surface area contributed by atoms with Crippen molar-refractivity contribution >= 4 is 0 Å². The van der Waals surface area contributed by atoms with Crippen molar-refractivity contribution in [3.8, 4) is 0 Å². The largest absolute Gasteiger partial charge is 0.374 e. The third kappa shape index (κ3) is 2.77. The minimum atomic E-state index is 0.0880. The van der Waals surface area contributed by atoms with Gasteiger partial charge in [0.15, 0.2) is 0 Å². The molecule has 1 saturated carbocycles. The summed E-state index contributed by atoms with van der Waals surface area (Å²) in [5.74, 6) is 0.582. The lowest BCUT2D eigenvalue weighted by Gasteiger charge is -2.49. The molecular formula is C18H27NO. The molecule has 1 heterocycles. The molecular weight excluding hydrogens is 246 g/mol. The molecule has 1 aliphatic heterocycles. The summed E-state index contributed by atoms with van der Waals surface area (Å²) in [5, 5.41) is 3.65. The zero-order chi connectivity index (χ0) is 13.8. The minimum Gasteiger partial charge on any atom is -0.374 e. The van der Waals surface area contributed by atoms with Gasteiger partial charge in [-0.15, -0.1) is 0 Å². The van der Waals surface area contributed by atoms with Crippen molar-refractivity contribution in [1.82, 2.24) is 5.32 Å². The van der Waals surface area contributed by atoms with Gasteiger partial charge in [0.05, 0.1) is 5.60 Å². The molecule has 2 aliphatic rings. The first-order valence-corrected chi connectivity index (χ1v) is 8.26. The van der Waals surface area contributed by atoms with Gasteiger partial charge in [-0.2, -0.15) is 0 Å². The molecule has 0 radical (unpaired) electrons. The van der Waals surface area contributed by atoms with Crippen LogP contribution in [0.5, 0.6) is 0 Å². The number of nitrogens with one attached hydrogen (secondary N) is 1. The molecule has 3 rings (SSSR count). The number of rotatable bonds is 3. The summed E-state index contributed by atoms with van der Waals surface area (Å²) in [6.07, 6.45) is 7.52. The van der Waals surface area contributed by atoms with E-state index in [9.17, 15) is 0 Å². The first kappa shape index (κ1) is 14.1. The second kappa shape index (κ2) is 6.28. The van der Waals surface area contributed by atoms with Gasteiger partial charge >= 0.3 is 0 Å². The molecule has 110 valence electrons. The average Bonchev–Trinajstić information content (AvgIpc) is 2.49. The lowest BCUT2D eigenvalue weighted by molar-refractivity contribution is -0.122. The molecule has 2 fully saturated rings. The van der Waals surface area contributed by atoms with Gasteiger partial charge in [-0.25, -0.2) is 0 Å². The molecule has 0 aromatic heterocycles. The van der Waals surface area contributed by atoms with E-state index in [0.717, 1.165) is 19.6 Å². The van der Waals surface area contributed by atoms with Crippen LogP contribution in [0, 0.1) is 0 Å². The molecule has 1 aromatic rings. The first-order chi connectivity index (χ1) is 9.84. The number of benzene rings is 1. The monoisotopic (exact) mass is 273 g/mol. The fraction of sp³-hybridized carbons (Fsp3) is 0.667. The zero-order valence-corrected chi connectivity index (χ0v) is 12.6. The van der Waals surface area contributed by atoms with Crippen molar-refractivity contribution in [2.24, 2.45) is 0 Å². The van der Waals surface area contributed by atoms with Crippen molar-refractivity contribution in [3.63, 3.8) is 0 Å². The van der Waals surface area contributed by atoms with Crippen LogP contribution in [0.3, 0.4) is 0 Å². The third-order valence-electron chi connectivity index (χ3n) is 5.12. The molecule has 2 nitrogen and oxygen atoms in total. The Morgan fingerprint density at radius 2 is 2.05 bits per heavy atom. The Bertz CT molecular complexity index is 413. The summed E-state index contributed by atoms with van der Waals surface area (Å²) < 4.78 is 6.41. The summed E-state index contributed by atoms with van der Waals surface area (Å²) in [5.41, 5.74) is 1.56. The van der Waals surface area contributed by atoms with Gasteiger partial charge in [0.2, 0.25) is 0 Å². The van der Waals surface area contributed by atoms with Crippen molar-refractivity contribution < 1.29 is 4.74 Å². The lowest BCUT2D eigenvalue weighted by atomic mass is 9.68. The SMILES string of the molecule is CCNC1CCOC2(CCCCC2c2ccccc2)C1. The highest BCUT2D eigenvalue weighted by Crippen LogP contribution is 2.47. The fourth-order valence-corrected chi connectivity index (χ4v) is 4.23. The minimum absolute atomic E-state index is 0.0880. The smallest absolute Gasteiger partial charge is 0.0765 e. The van der Waals surface area contributed by atoms with Gasteiger partial charge in [-0.1, -0.05) is 50.1 Å². The molecule has 1 saturated heterocycles. The highest BCUT2D eigenvalue weighted by molar-refractivity contribution is 5.24. The van der Waals surface area contributed by atoms with E-state index in [4.69, 9.17) is 4.74 Å². The maximum atomic E-state index is 6.41. The zero-order valence-electron chi connectivity index (χ0n) is 12.6. The van der Waals surface area contributed by atoms with Crippen molar-refractivity contribution in [2.45, 2.75) is 63.0 Å². The Morgan fingerprint density at radius 1 is 1.20 bits per heavy atom. The molecule has 1 aromatic carbocycles. The molecule has 0 bridgehead atoms.